The molecule has 0 unspecified atom stereocenters. The molecular formula is C10H13NS. The first-order valence-electron chi connectivity index (χ1n) is 3.88. The fourth-order valence-electron chi connectivity index (χ4n) is 0.756. The Bertz CT molecular complexity index is 285. The fourth-order valence-corrected chi connectivity index (χ4v) is 1.59. The zero-order valence-corrected chi connectivity index (χ0v) is 8.53. The highest BCUT2D eigenvalue weighted by Crippen LogP contribution is 2.39. The predicted octanol–water partition coefficient (Wildman–Crippen LogP) is 3.36. The van der Waals surface area contributed by atoms with Gasteiger partial charge in [-0.1, -0.05) is 39.1 Å². The SMILES string of the molecule is C=CC1=C=NC=C(C(C)(C)C)S1. The molecule has 0 aromatic heterocycles. The van der Waals surface area contributed by atoms with Gasteiger partial charge in [-0.3, -0.25) is 0 Å². The van der Waals surface area contributed by atoms with Gasteiger partial charge in [0.15, 0.2) is 0 Å². The molecule has 0 aliphatic carbocycles. The van der Waals surface area contributed by atoms with Gasteiger partial charge in [0.05, 0.1) is 4.91 Å². The van der Waals surface area contributed by atoms with E-state index in [9.17, 15) is 0 Å². The van der Waals surface area contributed by atoms with E-state index in [1.165, 1.54) is 4.91 Å². The summed E-state index contributed by atoms with van der Waals surface area (Å²) >= 11 is 1.69. The van der Waals surface area contributed by atoms with E-state index in [0.717, 1.165) is 4.91 Å². The smallest absolute Gasteiger partial charge is 0.0728 e. The average molecular weight is 179 g/mol. The molecule has 1 aliphatic heterocycles. The van der Waals surface area contributed by atoms with Gasteiger partial charge >= 0.3 is 0 Å². The molecule has 0 amide bonds. The van der Waals surface area contributed by atoms with E-state index in [4.69, 9.17) is 0 Å². The third kappa shape index (κ3) is 2.13. The van der Waals surface area contributed by atoms with Crippen LogP contribution in [0.1, 0.15) is 20.8 Å². The molecule has 1 rings (SSSR count). The lowest BCUT2D eigenvalue weighted by molar-refractivity contribution is 0.532. The maximum Gasteiger partial charge on any atom is 0.0728 e. The average Bonchev–Trinajstić information content (AvgIpc) is 2.03. The molecule has 2 heteroatoms. The molecule has 1 nitrogen and oxygen atoms in total. The Morgan fingerprint density at radius 2 is 2.25 bits per heavy atom. The van der Waals surface area contributed by atoms with E-state index in [2.05, 4.69) is 38.2 Å². The summed E-state index contributed by atoms with van der Waals surface area (Å²) in [7, 11) is 0. The van der Waals surface area contributed by atoms with Gasteiger partial charge in [0, 0.05) is 17.0 Å². The number of rotatable bonds is 1. The van der Waals surface area contributed by atoms with Gasteiger partial charge in [-0.05, 0) is 11.5 Å². The summed E-state index contributed by atoms with van der Waals surface area (Å²) in [5.41, 5.74) is 0.171. The molecule has 0 saturated carbocycles. The molecule has 0 radical (unpaired) electrons. The van der Waals surface area contributed by atoms with Gasteiger partial charge in [-0.25, -0.2) is 4.99 Å². The lowest BCUT2D eigenvalue weighted by Gasteiger charge is -2.22. The summed E-state index contributed by atoms with van der Waals surface area (Å²) in [6.45, 7) is 10.2. The maximum absolute atomic E-state index is 4.04. The van der Waals surface area contributed by atoms with Crippen LogP contribution < -0.4 is 0 Å². The number of hydrogen-bond donors (Lipinski definition) is 0. The van der Waals surface area contributed by atoms with Crippen molar-refractivity contribution < 1.29 is 0 Å². The van der Waals surface area contributed by atoms with Crippen molar-refractivity contribution in [2.24, 2.45) is 10.4 Å². The van der Waals surface area contributed by atoms with Crippen LogP contribution in [-0.2, 0) is 0 Å². The van der Waals surface area contributed by atoms with Gasteiger partial charge in [0.25, 0.3) is 0 Å². The summed E-state index contributed by atoms with van der Waals surface area (Å²) in [5.74, 6) is 2.88. The van der Waals surface area contributed by atoms with E-state index < -0.39 is 0 Å². The van der Waals surface area contributed by atoms with Crippen LogP contribution in [0.25, 0.3) is 0 Å². The third-order valence-corrected chi connectivity index (χ3v) is 2.92. The van der Waals surface area contributed by atoms with Gasteiger partial charge in [-0.15, -0.1) is 0 Å². The highest BCUT2D eigenvalue weighted by atomic mass is 32.2. The quantitative estimate of drug-likeness (QED) is 0.601. The molecule has 0 N–H and O–H groups in total. The summed E-state index contributed by atoms with van der Waals surface area (Å²) in [5, 5.41) is 0. The van der Waals surface area contributed by atoms with Crippen molar-refractivity contribution in [1.29, 1.82) is 0 Å². The minimum atomic E-state index is 0.171. The molecule has 1 aliphatic rings. The van der Waals surface area contributed by atoms with Crippen LogP contribution in [0.2, 0.25) is 0 Å². The number of nitrogens with zero attached hydrogens (tertiary/aromatic N) is 1. The molecule has 0 aromatic rings. The summed E-state index contributed by atoms with van der Waals surface area (Å²) in [4.78, 5) is 6.30. The van der Waals surface area contributed by atoms with Crippen LogP contribution in [0.15, 0.2) is 33.7 Å². The van der Waals surface area contributed by atoms with E-state index in [0.29, 0.717) is 0 Å². The second kappa shape index (κ2) is 3.34. The highest BCUT2D eigenvalue weighted by Gasteiger charge is 2.19. The van der Waals surface area contributed by atoms with Crippen LogP contribution in [0, 0.1) is 5.41 Å². The van der Waals surface area contributed by atoms with Crippen LogP contribution in [0.4, 0.5) is 0 Å². The minimum Gasteiger partial charge on any atom is -0.212 e. The molecule has 0 spiro atoms. The third-order valence-electron chi connectivity index (χ3n) is 1.50. The molecule has 12 heavy (non-hydrogen) atoms. The number of hydrogen-bond acceptors (Lipinski definition) is 2. The van der Waals surface area contributed by atoms with Crippen molar-refractivity contribution in [3.8, 4) is 0 Å². The summed E-state index contributed by atoms with van der Waals surface area (Å²) in [6, 6.07) is 0. The highest BCUT2D eigenvalue weighted by molar-refractivity contribution is 8.07. The summed E-state index contributed by atoms with van der Waals surface area (Å²) < 4.78 is 0. The molecule has 0 bridgehead atoms. The van der Waals surface area contributed by atoms with E-state index >= 15 is 0 Å². The maximum atomic E-state index is 4.04. The zero-order valence-electron chi connectivity index (χ0n) is 7.72. The molecule has 0 aromatic carbocycles. The van der Waals surface area contributed by atoms with Gasteiger partial charge in [0.2, 0.25) is 0 Å². The molecule has 64 valence electrons. The van der Waals surface area contributed by atoms with Crippen molar-refractivity contribution in [1.82, 2.24) is 0 Å². The van der Waals surface area contributed by atoms with Gasteiger partial charge in [-0.2, -0.15) is 0 Å². The Morgan fingerprint density at radius 3 is 2.75 bits per heavy atom. The Labute approximate surface area is 78.0 Å². The second-order valence-corrected chi connectivity index (χ2v) is 4.74. The standard InChI is InChI=1S/C10H13NS/c1-5-8-6-11-7-9(12-8)10(2,3)4/h5,7H,1H2,2-4H3. The molecule has 0 atom stereocenters. The molecule has 0 fully saturated rings. The normalized spacial score (nSPS) is 16.9. The Hall–Kier alpha value is -0.720. The molecule has 0 saturated heterocycles. The fraction of sp³-hybridized carbons (Fsp3) is 0.400. The number of aliphatic imine (C=N–C) groups is 1. The van der Waals surface area contributed by atoms with E-state index in [1.54, 1.807) is 17.8 Å². The monoisotopic (exact) mass is 179 g/mol. The first-order chi connectivity index (χ1) is 5.54. The first kappa shape index (κ1) is 9.37. The van der Waals surface area contributed by atoms with Gasteiger partial charge < -0.3 is 0 Å². The number of thioether (sulfide) groups is 1. The summed E-state index contributed by atoms with van der Waals surface area (Å²) in [6.07, 6.45) is 3.66. The van der Waals surface area contributed by atoms with E-state index in [-0.39, 0.29) is 5.41 Å². The topological polar surface area (TPSA) is 12.4 Å². The number of allylic oxidation sites excluding steroid dienone is 2. The van der Waals surface area contributed by atoms with Crippen LogP contribution in [-0.4, -0.2) is 5.87 Å². The minimum absolute atomic E-state index is 0.171. The van der Waals surface area contributed by atoms with Crippen molar-refractivity contribution in [2.75, 3.05) is 0 Å². The molecular weight excluding hydrogens is 166 g/mol. The van der Waals surface area contributed by atoms with Crippen LogP contribution in [0.5, 0.6) is 0 Å². The lowest BCUT2D eigenvalue weighted by Crippen LogP contribution is -2.07. The largest absolute Gasteiger partial charge is 0.212 e. The van der Waals surface area contributed by atoms with Crippen molar-refractivity contribution >= 4 is 17.6 Å². The van der Waals surface area contributed by atoms with Crippen molar-refractivity contribution in [2.45, 2.75) is 20.8 Å². The molecule has 1 heterocycles. The van der Waals surface area contributed by atoms with Gasteiger partial charge in [0.1, 0.15) is 0 Å². The Kier molecular flexibility index (Phi) is 2.61. The van der Waals surface area contributed by atoms with E-state index in [1.807, 2.05) is 6.20 Å². The lowest BCUT2D eigenvalue weighted by atomic mass is 9.97. The van der Waals surface area contributed by atoms with Crippen LogP contribution >= 0.6 is 11.8 Å². The Morgan fingerprint density at radius 1 is 1.58 bits per heavy atom. The predicted molar refractivity (Wildman–Crippen MR) is 56.3 cm³/mol. The second-order valence-electron chi connectivity index (χ2n) is 3.65. The first-order valence-corrected chi connectivity index (χ1v) is 4.69. The zero-order chi connectivity index (χ0) is 9.19. The van der Waals surface area contributed by atoms with Crippen molar-refractivity contribution in [3.63, 3.8) is 0 Å². The van der Waals surface area contributed by atoms with Crippen molar-refractivity contribution in [3.05, 3.63) is 28.7 Å². The van der Waals surface area contributed by atoms with Crippen LogP contribution in [0.3, 0.4) is 0 Å². The Balaban J connectivity index is 2.86.